The lowest BCUT2D eigenvalue weighted by molar-refractivity contribution is -0.139. The van der Waals surface area contributed by atoms with Crippen molar-refractivity contribution >= 4 is 17.7 Å². The number of benzene rings is 1. The molecule has 2 rings (SSSR count). The molecule has 0 bridgehead atoms. The molecular formula is C13H10FN3O2S. The summed E-state index contributed by atoms with van der Waals surface area (Å²) in [6.45, 7) is -0.266. The highest BCUT2D eigenvalue weighted by Crippen LogP contribution is 2.20. The van der Waals surface area contributed by atoms with Crippen LogP contribution in [-0.4, -0.2) is 27.9 Å². The first-order valence-electron chi connectivity index (χ1n) is 5.65. The Morgan fingerprint density at radius 2 is 2.40 bits per heavy atom. The summed E-state index contributed by atoms with van der Waals surface area (Å²) in [7, 11) is 0. The van der Waals surface area contributed by atoms with Crippen LogP contribution in [0.4, 0.5) is 4.39 Å². The van der Waals surface area contributed by atoms with Gasteiger partial charge in [-0.2, -0.15) is 5.26 Å². The molecule has 0 N–H and O–H groups in total. The van der Waals surface area contributed by atoms with Crippen LogP contribution >= 0.6 is 11.8 Å². The van der Waals surface area contributed by atoms with Crippen molar-refractivity contribution < 1.29 is 13.9 Å². The largest absolute Gasteiger partial charge is 0.450 e. The fraction of sp³-hybridized carbons (Fsp3) is 0.154. The Kier molecular flexibility index (Phi) is 4.74. The summed E-state index contributed by atoms with van der Waals surface area (Å²) >= 11 is 1.16. The first kappa shape index (κ1) is 14.1. The molecule has 1 heterocycles. The Morgan fingerprint density at radius 1 is 1.55 bits per heavy atom. The second-order valence-corrected chi connectivity index (χ2v) is 4.61. The number of halogens is 1. The molecule has 7 heteroatoms. The normalized spacial score (nSPS) is 10.0. The van der Waals surface area contributed by atoms with E-state index in [9.17, 15) is 9.18 Å². The Labute approximate surface area is 119 Å². The quantitative estimate of drug-likeness (QED) is 0.624. The highest BCUT2D eigenvalue weighted by molar-refractivity contribution is 7.99. The van der Waals surface area contributed by atoms with Gasteiger partial charge in [0.05, 0.1) is 11.4 Å². The monoisotopic (exact) mass is 291 g/mol. The molecule has 2 aromatic rings. The van der Waals surface area contributed by atoms with E-state index in [-0.39, 0.29) is 18.2 Å². The van der Waals surface area contributed by atoms with E-state index in [1.54, 1.807) is 35.2 Å². The van der Waals surface area contributed by atoms with Crippen LogP contribution in [0.25, 0.3) is 5.69 Å². The van der Waals surface area contributed by atoms with Crippen molar-refractivity contribution in [3.63, 3.8) is 0 Å². The minimum absolute atomic E-state index is 0.0357. The van der Waals surface area contributed by atoms with Gasteiger partial charge in [0.1, 0.15) is 11.9 Å². The van der Waals surface area contributed by atoms with Crippen LogP contribution in [0.2, 0.25) is 0 Å². The highest BCUT2D eigenvalue weighted by atomic mass is 32.2. The molecular weight excluding hydrogens is 281 g/mol. The number of aromatic nitrogens is 2. The van der Waals surface area contributed by atoms with Gasteiger partial charge < -0.3 is 4.74 Å². The van der Waals surface area contributed by atoms with Crippen molar-refractivity contribution in [3.05, 3.63) is 42.5 Å². The van der Waals surface area contributed by atoms with Gasteiger partial charge in [0, 0.05) is 12.4 Å². The zero-order chi connectivity index (χ0) is 14.4. The van der Waals surface area contributed by atoms with Gasteiger partial charge in [-0.05, 0) is 18.2 Å². The van der Waals surface area contributed by atoms with Crippen molar-refractivity contribution in [1.29, 1.82) is 5.26 Å². The van der Waals surface area contributed by atoms with E-state index in [1.807, 2.05) is 0 Å². The Morgan fingerprint density at radius 3 is 3.15 bits per heavy atom. The summed E-state index contributed by atoms with van der Waals surface area (Å²) in [6, 6.07) is 7.79. The average molecular weight is 291 g/mol. The van der Waals surface area contributed by atoms with E-state index in [0.717, 1.165) is 11.8 Å². The molecule has 0 unspecified atom stereocenters. The number of esters is 1. The molecule has 0 aliphatic rings. The Balaban J connectivity index is 2.06. The van der Waals surface area contributed by atoms with Gasteiger partial charge in [0.2, 0.25) is 0 Å². The first-order chi connectivity index (χ1) is 9.70. The van der Waals surface area contributed by atoms with Crippen molar-refractivity contribution in [2.24, 2.45) is 0 Å². The van der Waals surface area contributed by atoms with Gasteiger partial charge in [0.25, 0.3) is 0 Å². The SMILES string of the molecule is N#CCOC(=O)CSc1nccn1-c1cccc(F)c1. The maximum atomic E-state index is 13.2. The van der Waals surface area contributed by atoms with E-state index in [4.69, 9.17) is 5.26 Å². The van der Waals surface area contributed by atoms with E-state index in [2.05, 4.69) is 9.72 Å². The molecule has 1 aromatic heterocycles. The summed E-state index contributed by atoms with van der Waals surface area (Å²) < 4.78 is 19.5. The summed E-state index contributed by atoms with van der Waals surface area (Å²) in [6.07, 6.45) is 3.24. The fourth-order valence-electron chi connectivity index (χ4n) is 1.50. The van der Waals surface area contributed by atoms with Crippen LogP contribution in [0.3, 0.4) is 0 Å². The lowest BCUT2D eigenvalue weighted by Crippen LogP contribution is -2.08. The highest BCUT2D eigenvalue weighted by Gasteiger charge is 2.10. The number of hydrogen-bond acceptors (Lipinski definition) is 5. The van der Waals surface area contributed by atoms with E-state index < -0.39 is 5.97 Å². The molecule has 1 aromatic carbocycles. The number of nitriles is 1. The maximum absolute atomic E-state index is 13.2. The van der Waals surface area contributed by atoms with Crippen LogP contribution in [0.5, 0.6) is 0 Å². The smallest absolute Gasteiger partial charge is 0.317 e. The second kappa shape index (κ2) is 6.73. The molecule has 0 radical (unpaired) electrons. The molecule has 0 amide bonds. The number of ether oxygens (including phenoxy) is 1. The third-order valence-corrected chi connectivity index (χ3v) is 3.25. The van der Waals surface area contributed by atoms with E-state index in [1.165, 1.54) is 12.1 Å². The lowest BCUT2D eigenvalue weighted by Gasteiger charge is -2.07. The molecule has 0 saturated heterocycles. The second-order valence-electron chi connectivity index (χ2n) is 3.67. The van der Waals surface area contributed by atoms with E-state index >= 15 is 0 Å². The van der Waals surface area contributed by atoms with Crippen LogP contribution in [-0.2, 0) is 9.53 Å². The zero-order valence-corrected chi connectivity index (χ0v) is 11.1. The standard InChI is InChI=1S/C13H10FN3O2S/c14-10-2-1-3-11(8-10)17-6-5-16-13(17)20-9-12(18)19-7-4-15/h1-3,5-6,8H,7,9H2. The number of imidazole rings is 1. The summed E-state index contributed by atoms with van der Waals surface area (Å²) in [5.74, 6) is -0.806. The number of nitrogens with zero attached hydrogens (tertiary/aromatic N) is 3. The summed E-state index contributed by atoms with van der Waals surface area (Å²) in [5, 5.41) is 8.85. The van der Waals surface area contributed by atoms with Crippen molar-refractivity contribution in [1.82, 2.24) is 9.55 Å². The Hall–Kier alpha value is -2.33. The topological polar surface area (TPSA) is 67.9 Å². The maximum Gasteiger partial charge on any atom is 0.317 e. The molecule has 20 heavy (non-hydrogen) atoms. The first-order valence-corrected chi connectivity index (χ1v) is 6.64. The molecule has 0 fully saturated rings. The van der Waals surface area contributed by atoms with E-state index in [0.29, 0.717) is 10.8 Å². The third-order valence-electron chi connectivity index (χ3n) is 2.31. The van der Waals surface area contributed by atoms with Crippen molar-refractivity contribution in [2.75, 3.05) is 12.4 Å². The summed E-state index contributed by atoms with van der Waals surface area (Å²) in [5.41, 5.74) is 0.621. The minimum atomic E-state index is -0.495. The van der Waals surface area contributed by atoms with Gasteiger partial charge in [-0.15, -0.1) is 0 Å². The Bertz CT molecular complexity index is 651. The zero-order valence-electron chi connectivity index (χ0n) is 10.3. The van der Waals surface area contributed by atoms with Crippen LogP contribution in [0, 0.1) is 17.1 Å². The van der Waals surface area contributed by atoms with Crippen molar-refractivity contribution in [2.45, 2.75) is 5.16 Å². The number of thioether (sulfide) groups is 1. The summed E-state index contributed by atoms with van der Waals surface area (Å²) in [4.78, 5) is 15.4. The molecule has 0 atom stereocenters. The number of rotatable bonds is 5. The number of carbonyl (C=O) groups is 1. The average Bonchev–Trinajstić information content (AvgIpc) is 2.91. The van der Waals surface area contributed by atoms with Crippen LogP contribution in [0.1, 0.15) is 0 Å². The van der Waals surface area contributed by atoms with Gasteiger partial charge in [-0.25, -0.2) is 9.37 Å². The predicted octanol–water partition coefficient (Wildman–Crippen LogP) is 2.17. The number of hydrogen-bond donors (Lipinski definition) is 0. The molecule has 5 nitrogen and oxygen atoms in total. The van der Waals surface area contributed by atoms with Crippen molar-refractivity contribution in [3.8, 4) is 11.8 Å². The lowest BCUT2D eigenvalue weighted by atomic mass is 10.3. The molecule has 102 valence electrons. The van der Waals surface area contributed by atoms with Crippen LogP contribution < -0.4 is 0 Å². The van der Waals surface area contributed by atoms with Gasteiger partial charge >= 0.3 is 5.97 Å². The van der Waals surface area contributed by atoms with Gasteiger partial charge in [-0.1, -0.05) is 17.8 Å². The minimum Gasteiger partial charge on any atom is -0.450 e. The third kappa shape index (κ3) is 3.59. The molecule has 0 spiro atoms. The molecule has 0 aliphatic carbocycles. The molecule has 0 saturated carbocycles. The predicted molar refractivity (Wildman–Crippen MR) is 70.8 cm³/mol. The van der Waals surface area contributed by atoms with Gasteiger partial charge in [0.15, 0.2) is 11.8 Å². The number of carbonyl (C=O) groups excluding carboxylic acids is 1. The van der Waals surface area contributed by atoms with Crippen LogP contribution in [0.15, 0.2) is 41.8 Å². The molecule has 0 aliphatic heterocycles. The fourth-order valence-corrected chi connectivity index (χ4v) is 2.27. The van der Waals surface area contributed by atoms with Gasteiger partial charge in [-0.3, -0.25) is 9.36 Å².